The standard InChI is InChI=1S/C18H19BrN2O4/c1-11(12-5-7-15(23-2)14(19)9-12)20-21-18(22)13-6-8-16(24-3)17(10-13)25-4/h5-10H,1-4H3,(H,21,22)/b20-11-. The van der Waals surface area contributed by atoms with E-state index in [0.717, 1.165) is 15.8 Å². The number of hydrazone groups is 1. The lowest BCUT2D eigenvalue weighted by Crippen LogP contribution is -2.19. The molecule has 2 aromatic carbocycles. The van der Waals surface area contributed by atoms with E-state index in [0.29, 0.717) is 22.8 Å². The van der Waals surface area contributed by atoms with Gasteiger partial charge in [0.1, 0.15) is 5.75 Å². The Kier molecular flexibility index (Phi) is 6.41. The van der Waals surface area contributed by atoms with Crippen LogP contribution in [0.4, 0.5) is 0 Å². The first-order chi connectivity index (χ1) is 12.0. The Hall–Kier alpha value is -2.54. The van der Waals surface area contributed by atoms with Crippen LogP contribution < -0.4 is 19.6 Å². The molecule has 2 aromatic rings. The summed E-state index contributed by atoms with van der Waals surface area (Å²) in [6, 6.07) is 10.5. The summed E-state index contributed by atoms with van der Waals surface area (Å²) in [6.07, 6.45) is 0. The smallest absolute Gasteiger partial charge is 0.271 e. The molecule has 1 N–H and O–H groups in total. The summed E-state index contributed by atoms with van der Waals surface area (Å²) in [5.41, 5.74) is 4.49. The van der Waals surface area contributed by atoms with Gasteiger partial charge in [-0.1, -0.05) is 0 Å². The van der Waals surface area contributed by atoms with Gasteiger partial charge in [0.15, 0.2) is 11.5 Å². The summed E-state index contributed by atoms with van der Waals surface area (Å²) in [5.74, 6) is 1.43. The number of carbonyl (C=O) groups is 1. The molecule has 6 nitrogen and oxygen atoms in total. The van der Waals surface area contributed by atoms with Crippen LogP contribution in [0.25, 0.3) is 0 Å². The molecular formula is C18H19BrN2O4. The van der Waals surface area contributed by atoms with E-state index in [1.54, 1.807) is 25.3 Å². The fraction of sp³-hybridized carbons (Fsp3) is 0.222. The van der Waals surface area contributed by atoms with Crippen LogP contribution in [0.5, 0.6) is 17.2 Å². The zero-order chi connectivity index (χ0) is 18.4. The third kappa shape index (κ3) is 4.51. The van der Waals surface area contributed by atoms with Gasteiger partial charge in [-0.25, -0.2) is 5.43 Å². The topological polar surface area (TPSA) is 69.2 Å². The number of carbonyl (C=O) groups excluding carboxylic acids is 1. The van der Waals surface area contributed by atoms with Gasteiger partial charge in [0.2, 0.25) is 0 Å². The van der Waals surface area contributed by atoms with Gasteiger partial charge in [0.25, 0.3) is 5.91 Å². The zero-order valence-corrected chi connectivity index (χ0v) is 16.0. The number of amides is 1. The second kappa shape index (κ2) is 8.53. The Bertz CT molecular complexity index is 806. The number of nitrogens with one attached hydrogen (secondary N) is 1. The quantitative estimate of drug-likeness (QED) is 0.587. The number of hydrogen-bond acceptors (Lipinski definition) is 5. The number of hydrogen-bond donors (Lipinski definition) is 1. The van der Waals surface area contributed by atoms with Crippen molar-refractivity contribution >= 4 is 27.5 Å². The molecule has 0 aliphatic heterocycles. The molecule has 0 atom stereocenters. The maximum Gasteiger partial charge on any atom is 0.271 e. The van der Waals surface area contributed by atoms with Crippen LogP contribution in [0, 0.1) is 0 Å². The van der Waals surface area contributed by atoms with Crippen LogP contribution in [-0.4, -0.2) is 32.9 Å². The van der Waals surface area contributed by atoms with Gasteiger partial charge in [-0.15, -0.1) is 0 Å². The molecule has 2 rings (SSSR count). The van der Waals surface area contributed by atoms with Crippen molar-refractivity contribution in [2.75, 3.05) is 21.3 Å². The van der Waals surface area contributed by atoms with Crippen LogP contribution in [0.15, 0.2) is 46.0 Å². The van der Waals surface area contributed by atoms with E-state index in [1.165, 1.54) is 14.2 Å². The predicted octanol–water partition coefficient (Wildman–Crippen LogP) is 3.63. The van der Waals surface area contributed by atoms with Crippen LogP contribution in [0.2, 0.25) is 0 Å². The predicted molar refractivity (Wildman–Crippen MR) is 99.9 cm³/mol. The van der Waals surface area contributed by atoms with Gasteiger partial charge < -0.3 is 14.2 Å². The fourth-order valence-corrected chi connectivity index (χ4v) is 2.67. The first kappa shape index (κ1) is 18.8. The minimum atomic E-state index is -0.340. The van der Waals surface area contributed by atoms with Gasteiger partial charge in [-0.2, -0.15) is 5.10 Å². The number of methoxy groups -OCH3 is 3. The highest BCUT2D eigenvalue weighted by molar-refractivity contribution is 9.10. The molecule has 7 heteroatoms. The van der Waals surface area contributed by atoms with Gasteiger partial charge >= 0.3 is 0 Å². The lowest BCUT2D eigenvalue weighted by atomic mass is 10.1. The molecule has 0 aliphatic rings. The van der Waals surface area contributed by atoms with E-state index in [1.807, 2.05) is 25.1 Å². The van der Waals surface area contributed by atoms with Crippen LogP contribution >= 0.6 is 15.9 Å². The second-order valence-corrected chi connectivity index (χ2v) is 5.91. The Morgan fingerprint density at radius 2 is 1.52 bits per heavy atom. The Balaban J connectivity index is 2.15. The second-order valence-electron chi connectivity index (χ2n) is 5.06. The largest absolute Gasteiger partial charge is 0.496 e. The van der Waals surface area contributed by atoms with Crippen molar-refractivity contribution in [3.8, 4) is 17.2 Å². The maximum absolute atomic E-state index is 12.3. The van der Waals surface area contributed by atoms with Crippen molar-refractivity contribution in [1.29, 1.82) is 0 Å². The number of rotatable bonds is 6. The normalized spacial score (nSPS) is 11.0. The van der Waals surface area contributed by atoms with E-state index in [4.69, 9.17) is 14.2 Å². The Morgan fingerprint density at radius 3 is 2.12 bits per heavy atom. The highest BCUT2D eigenvalue weighted by Crippen LogP contribution is 2.27. The molecule has 0 aliphatic carbocycles. The average Bonchev–Trinajstić information content (AvgIpc) is 2.64. The van der Waals surface area contributed by atoms with E-state index in [-0.39, 0.29) is 5.91 Å². The van der Waals surface area contributed by atoms with Gasteiger partial charge in [0.05, 0.1) is 31.5 Å². The molecular weight excluding hydrogens is 388 g/mol. The first-order valence-corrected chi connectivity index (χ1v) is 8.20. The summed E-state index contributed by atoms with van der Waals surface area (Å²) in [4.78, 5) is 12.3. The van der Waals surface area contributed by atoms with Gasteiger partial charge in [0, 0.05) is 5.56 Å². The van der Waals surface area contributed by atoms with Gasteiger partial charge in [-0.3, -0.25) is 4.79 Å². The maximum atomic E-state index is 12.3. The monoisotopic (exact) mass is 406 g/mol. The molecule has 0 spiro atoms. The van der Waals surface area contributed by atoms with Crippen molar-refractivity contribution in [2.24, 2.45) is 5.10 Å². The van der Waals surface area contributed by atoms with E-state index in [2.05, 4.69) is 26.5 Å². The first-order valence-electron chi connectivity index (χ1n) is 7.40. The summed E-state index contributed by atoms with van der Waals surface area (Å²) >= 11 is 3.43. The van der Waals surface area contributed by atoms with Crippen LogP contribution in [-0.2, 0) is 0 Å². The number of benzene rings is 2. The minimum Gasteiger partial charge on any atom is -0.496 e. The molecule has 0 saturated carbocycles. The molecule has 0 heterocycles. The van der Waals surface area contributed by atoms with E-state index in [9.17, 15) is 4.79 Å². The molecule has 0 radical (unpaired) electrons. The van der Waals surface area contributed by atoms with Gasteiger partial charge in [-0.05, 0) is 64.8 Å². The summed E-state index contributed by atoms with van der Waals surface area (Å²) in [6.45, 7) is 1.81. The van der Waals surface area contributed by atoms with Crippen molar-refractivity contribution in [1.82, 2.24) is 5.43 Å². The summed E-state index contributed by atoms with van der Waals surface area (Å²) < 4.78 is 16.4. The summed E-state index contributed by atoms with van der Waals surface area (Å²) in [7, 11) is 4.66. The highest BCUT2D eigenvalue weighted by atomic mass is 79.9. The molecule has 0 bridgehead atoms. The third-order valence-electron chi connectivity index (χ3n) is 3.54. The minimum absolute atomic E-state index is 0.340. The number of nitrogens with zero attached hydrogens (tertiary/aromatic N) is 1. The van der Waals surface area contributed by atoms with Crippen molar-refractivity contribution in [2.45, 2.75) is 6.92 Å². The number of halogens is 1. The Labute approximate surface area is 154 Å². The molecule has 132 valence electrons. The lowest BCUT2D eigenvalue weighted by Gasteiger charge is -2.09. The summed E-state index contributed by atoms with van der Waals surface area (Å²) in [5, 5.41) is 4.15. The van der Waals surface area contributed by atoms with Crippen LogP contribution in [0.1, 0.15) is 22.8 Å². The molecule has 1 amide bonds. The third-order valence-corrected chi connectivity index (χ3v) is 4.16. The highest BCUT2D eigenvalue weighted by Gasteiger charge is 2.11. The molecule has 0 aromatic heterocycles. The zero-order valence-electron chi connectivity index (χ0n) is 14.4. The average molecular weight is 407 g/mol. The van der Waals surface area contributed by atoms with Crippen LogP contribution in [0.3, 0.4) is 0 Å². The molecule has 0 unspecified atom stereocenters. The van der Waals surface area contributed by atoms with Crippen molar-refractivity contribution in [3.63, 3.8) is 0 Å². The lowest BCUT2D eigenvalue weighted by molar-refractivity contribution is 0.0954. The van der Waals surface area contributed by atoms with Crippen molar-refractivity contribution in [3.05, 3.63) is 52.0 Å². The molecule has 0 saturated heterocycles. The number of ether oxygens (including phenoxy) is 3. The Morgan fingerprint density at radius 1 is 0.920 bits per heavy atom. The van der Waals surface area contributed by atoms with E-state index < -0.39 is 0 Å². The van der Waals surface area contributed by atoms with E-state index >= 15 is 0 Å². The molecule has 0 fully saturated rings. The van der Waals surface area contributed by atoms with Crippen molar-refractivity contribution < 1.29 is 19.0 Å². The fourth-order valence-electron chi connectivity index (χ4n) is 2.13. The molecule has 25 heavy (non-hydrogen) atoms. The SMILES string of the molecule is COc1ccc(/C(C)=N\NC(=O)c2ccc(OC)c(OC)c2)cc1Br.